The fraction of sp³-hybridized carbons (Fsp3) is 0.640. The summed E-state index contributed by atoms with van der Waals surface area (Å²) in [5, 5.41) is 4.18. The van der Waals surface area contributed by atoms with Gasteiger partial charge in [0.1, 0.15) is 12.7 Å². The molecule has 5 nitrogen and oxygen atoms in total. The molecule has 158 valence electrons. The first-order valence-corrected chi connectivity index (χ1v) is 11.3. The predicted octanol–water partition coefficient (Wildman–Crippen LogP) is 4.15. The molecule has 6 rings (SSSR count). The van der Waals surface area contributed by atoms with E-state index in [9.17, 15) is 9.59 Å². The maximum Gasteiger partial charge on any atom is 0.306 e. The van der Waals surface area contributed by atoms with E-state index in [4.69, 9.17) is 9.57 Å². The fourth-order valence-corrected chi connectivity index (χ4v) is 7.92. The van der Waals surface area contributed by atoms with Crippen LogP contribution in [0.25, 0.3) is 0 Å². The molecule has 1 saturated heterocycles. The van der Waals surface area contributed by atoms with Crippen molar-refractivity contribution in [3.05, 3.63) is 34.9 Å². The standard InChI is InChI=1S/C25H29NO4/c1-23-7-4-16(27)11-15(23)10-14(13-26-29-3)21-18(23)5-8-24(2)22(21)17-12-19(17)25(24)9-6-20(28)30-25/h5,11-14,17,21-22H,4,6-10H2,1-3H3/b26-13+/t14-,17+,21?,22?,23-,24-,25-/m0/s1. The van der Waals surface area contributed by atoms with Crippen molar-refractivity contribution in [1.82, 2.24) is 0 Å². The number of hydrogen-bond acceptors (Lipinski definition) is 5. The highest BCUT2D eigenvalue weighted by Gasteiger charge is 2.74. The van der Waals surface area contributed by atoms with Crippen molar-refractivity contribution in [2.45, 2.75) is 58.0 Å². The average molecular weight is 408 g/mol. The molecule has 0 aromatic heterocycles. The zero-order valence-electron chi connectivity index (χ0n) is 17.9. The van der Waals surface area contributed by atoms with Crippen LogP contribution in [0.3, 0.4) is 0 Å². The summed E-state index contributed by atoms with van der Waals surface area (Å²) in [5.41, 5.74) is 3.55. The largest absolute Gasteiger partial charge is 0.454 e. The fourth-order valence-electron chi connectivity index (χ4n) is 7.92. The van der Waals surface area contributed by atoms with Crippen LogP contribution in [-0.2, 0) is 19.2 Å². The first-order chi connectivity index (χ1) is 14.3. The van der Waals surface area contributed by atoms with Gasteiger partial charge in [0.25, 0.3) is 0 Å². The van der Waals surface area contributed by atoms with Crippen LogP contribution in [0.5, 0.6) is 0 Å². The number of allylic oxidation sites excluding steroid dienone is 5. The van der Waals surface area contributed by atoms with Crippen molar-refractivity contribution in [3.63, 3.8) is 0 Å². The average Bonchev–Trinajstić information content (AvgIpc) is 3.35. The van der Waals surface area contributed by atoms with Crippen LogP contribution in [-0.4, -0.2) is 30.7 Å². The molecule has 2 unspecified atom stereocenters. The van der Waals surface area contributed by atoms with Gasteiger partial charge in [-0.15, -0.1) is 0 Å². The topological polar surface area (TPSA) is 65.0 Å². The molecule has 1 heterocycles. The maximum atomic E-state index is 12.2. The molecule has 0 bridgehead atoms. The van der Waals surface area contributed by atoms with Gasteiger partial charge in [0.2, 0.25) is 0 Å². The molecule has 0 radical (unpaired) electrons. The van der Waals surface area contributed by atoms with E-state index in [1.807, 2.05) is 12.3 Å². The van der Waals surface area contributed by atoms with E-state index in [-0.39, 0.29) is 28.5 Å². The molecule has 7 atom stereocenters. The summed E-state index contributed by atoms with van der Waals surface area (Å²) < 4.78 is 6.13. The summed E-state index contributed by atoms with van der Waals surface area (Å²) in [6, 6.07) is 0. The molecule has 0 N–H and O–H groups in total. The second kappa shape index (κ2) is 5.74. The summed E-state index contributed by atoms with van der Waals surface area (Å²) in [4.78, 5) is 29.5. The smallest absolute Gasteiger partial charge is 0.306 e. The third kappa shape index (κ3) is 2.06. The van der Waals surface area contributed by atoms with Crippen LogP contribution in [0.1, 0.15) is 52.4 Å². The van der Waals surface area contributed by atoms with E-state index in [0.717, 1.165) is 25.7 Å². The molecule has 30 heavy (non-hydrogen) atoms. The molecule has 1 spiro atoms. The normalized spacial score (nSPS) is 48.3. The Balaban J connectivity index is 1.49. The Morgan fingerprint density at radius 1 is 1.20 bits per heavy atom. The highest BCUT2D eigenvalue weighted by Crippen LogP contribution is 2.75. The van der Waals surface area contributed by atoms with Gasteiger partial charge in [-0.05, 0) is 42.7 Å². The highest BCUT2D eigenvalue weighted by atomic mass is 16.6. The van der Waals surface area contributed by atoms with E-state index < -0.39 is 5.60 Å². The second-order valence-corrected chi connectivity index (χ2v) is 10.6. The molecule has 6 aliphatic rings. The SMILES string of the molecule is CO/N=C/[C@@H]1CC2=CC(=O)CC[C@]2(C)C2=CC[C@@]3(C)C(C21)[C@@H]1C=C1[C@@]31CCC(=O)O1. The summed E-state index contributed by atoms with van der Waals surface area (Å²) in [6.07, 6.45) is 13.3. The molecular formula is C25H29NO4. The van der Waals surface area contributed by atoms with E-state index in [2.05, 4.69) is 31.2 Å². The first-order valence-electron chi connectivity index (χ1n) is 11.3. The van der Waals surface area contributed by atoms with Gasteiger partial charge in [0, 0.05) is 48.1 Å². The first kappa shape index (κ1) is 18.6. The molecule has 0 amide bonds. The molecule has 5 aliphatic carbocycles. The lowest BCUT2D eigenvalue weighted by Crippen LogP contribution is -2.54. The van der Waals surface area contributed by atoms with Crippen LogP contribution < -0.4 is 0 Å². The lowest BCUT2D eigenvalue weighted by Gasteiger charge is -2.57. The third-order valence-electron chi connectivity index (χ3n) is 9.41. The summed E-state index contributed by atoms with van der Waals surface area (Å²) in [6.45, 7) is 4.68. The second-order valence-electron chi connectivity index (χ2n) is 10.6. The van der Waals surface area contributed by atoms with Crippen molar-refractivity contribution in [2.24, 2.45) is 39.7 Å². The third-order valence-corrected chi connectivity index (χ3v) is 9.41. The van der Waals surface area contributed by atoms with Crippen LogP contribution in [0, 0.1) is 34.5 Å². The maximum absolute atomic E-state index is 12.2. The van der Waals surface area contributed by atoms with E-state index in [1.165, 1.54) is 16.7 Å². The number of esters is 1. The van der Waals surface area contributed by atoms with Crippen LogP contribution in [0.2, 0.25) is 0 Å². The number of fused-ring (bicyclic) bond motifs is 9. The van der Waals surface area contributed by atoms with Gasteiger partial charge in [-0.3, -0.25) is 9.59 Å². The quantitative estimate of drug-likeness (QED) is 0.299. The van der Waals surface area contributed by atoms with Crippen molar-refractivity contribution in [1.29, 1.82) is 0 Å². The molecule has 3 fully saturated rings. The highest BCUT2D eigenvalue weighted by molar-refractivity contribution is 5.92. The number of hydrogen-bond donors (Lipinski definition) is 0. The van der Waals surface area contributed by atoms with E-state index in [1.54, 1.807) is 7.11 Å². The number of ketones is 1. The van der Waals surface area contributed by atoms with Gasteiger partial charge >= 0.3 is 5.97 Å². The number of ether oxygens (including phenoxy) is 1. The predicted molar refractivity (Wildman–Crippen MR) is 111 cm³/mol. The Bertz CT molecular complexity index is 989. The number of carbonyl (C=O) groups excluding carboxylic acids is 2. The molecule has 0 aromatic rings. The van der Waals surface area contributed by atoms with E-state index in [0.29, 0.717) is 30.6 Å². The summed E-state index contributed by atoms with van der Waals surface area (Å²) >= 11 is 0. The van der Waals surface area contributed by atoms with Crippen molar-refractivity contribution in [2.75, 3.05) is 7.11 Å². The van der Waals surface area contributed by atoms with Crippen LogP contribution in [0.4, 0.5) is 0 Å². The Morgan fingerprint density at radius 2 is 2.03 bits per heavy atom. The minimum absolute atomic E-state index is 0.0471. The van der Waals surface area contributed by atoms with E-state index >= 15 is 0 Å². The van der Waals surface area contributed by atoms with Crippen molar-refractivity contribution < 1.29 is 19.2 Å². The van der Waals surface area contributed by atoms with Crippen molar-refractivity contribution in [3.8, 4) is 0 Å². The summed E-state index contributed by atoms with van der Waals surface area (Å²) in [5.74, 6) is 1.54. The number of rotatable bonds is 2. The zero-order chi connectivity index (χ0) is 20.9. The Kier molecular flexibility index (Phi) is 3.56. The number of nitrogens with zero attached hydrogens (tertiary/aromatic N) is 1. The monoisotopic (exact) mass is 407 g/mol. The summed E-state index contributed by atoms with van der Waals surface area (Å²) in [7, 11) is 1.58. The molecular weight excluding hydrogens is 378 g/mol. The molecule has 2 saturated carbocycles. The lowest BCUT2D eigenvalue weighted by molar-refractivity contribution is -0.156. The minimum Gasteiger partial charge on any atom is -0.454 e. The van der Waals surface area contributed by atoms with Crippen molar-refractivity contribution >= 4 is 18.0 Å². The van der Waals surface area contributed by atoms with Gasteiger partial charge < -0.3 is 9.57 Å². The minimum atomic E-state index is -0.413. The van der Waals surface area contributed by atoms with Gasteiger partial charge in [-0.2, -0.15) is 0 Å². The van der Waals surface area contributed by atoms with Gasteiger partial charge in [0.05, 0.1) is 0 Å². The van der Waals surface area contributed by atoms with Gasteiger partial charge in [-0.1, -0.05) is 42.3 Å². The zero-order valence-corrected chi connectivity index (χ0v) is 17.9. The molecule has 0 aromatic carbocycles. The molecule has 5 heteroatoms. The Morgan fingerprint density at radius 3 is 2.77 bits per heavy atom. The Hall–Kier alpha value is -2.17. The molecule has 1 aliphatic heterocycles. The van der Waals surface area contributed by atoms with Crippen LogP contribution >= 0.6 is 0 Å². The number of oxime groups is 1. The number of carbonyl (C=O) groups is 2. The van der Waals surface area contributed by atoms with Gasteiger partial charge in [0.15, 0.2) is 5.78 Å². The van der Waals surface area contributed by atoms with Gasteiger partial charge in [-0.25, -0.2) is 0 Å². The lowest BCUT2D eigenvalue weighted by atomic mass is 9.47. The Labute approximate surface area is 177 Å². The van der Waals surface area contributed by atoms with Crippen LogP contribution in [0.15, 0.2) is 40.1 Å².